The SMILES string of the molecule is CCOc1ccc(C)cc1S(=O)(=O)N1CC(S(=O)(=O)c2ccc(OC)cc2)C1. The van der Waals surface area contributed by atoms with E-state index in [-0.39, 0.29) is 28.6 Å². The van der Waals surface area contributed by atoms with Gasteiger partial charge in [-0.15, -0.1) is 0 Å². The molecule has 1 heterocycles. The number of ether oxygens (including phenoxy) is 2. The van der Waals surface area contributed by atoms with Gasteiger partial charge in [-0.3, -0.25) is 0 Å². The summed E-state index contributed by atoms with van der Waals surface area (Å²) in [5.74, 6) is 0.828. The lowest BCUT2D eigenvalue weighted by atomic mass is 10.2. The molecule has 7 nitrogen and oxygen atoms in total. The summed E-state index contributed by atoms with van der Waals surface area (Å²) in [6, 6.07) is 11.0. The molecule has 1 fully saturated rings. The molecular weight excluding hydrogens is 402 g/mol. The number of aryl methyl sites for hydroxylation is 1. The van der Waals surface area contributed by atoms with Gasteiger partial charge in [0.05, 0.1) is 23.9 Å². The number of methoxy groups -OCH3 is 1. The third kappa shape index (κ3) is 3.74. The van der Waals surface area contributed by atoms with Gasteiger partial charge in [0, 0.05) is 13.1 Å². The molecule has 1 aliphatic rings. The van der Waals surface area contributed by atoms with Crippen molar-refractivity contribution in [3.05, 3.63) is 48.0 Å². The lowest BCUT2D eigenvalue weighted by molar-refractivity contribution is 0.302. The number of sulfonamides is 1. The predicted octanol–water partition coefficient (Wildman–Crippen LogP) is 2.25. The van der Waals surface area contributed by atoms with Crippen LogP contribution in [0.3, 0.4) is 0 Å². The zero-order chi connectivity index (χ0) is 20.5. The molecule has 2 aromatic carbocycles. The molecule has 0 amide bonds. The van der Waals surface area contributed by atoms with Gasteiger partial charge < -0.3 is 9.47 Å². The van der Waals surface area contributed by atoms with Crippen LogP contribution in [0.25, 0.3) is 0 Å². The van der Waals surface area contributed by atoms with Crippen LogP contribution in [0.2, 0.25) is 0 Å². The van der Waals surface area contributed by atoms with E-state index in [9.17, 15) is 16.8 Å². The summed E-state index contributed by atoms with van der Waals surface area (Å²) in [7, 11) is -5.96. The molecule has 0 aromatic heterocycles. The molecule has 28 heavy (non-hydrogen) atoms. The molecule has 1 saturated heterocycles. The maximum atomic E-state index is 13.0. The number of benzene rings is 2. The summed E-state index contributed by atoms with van der Waals surface area (Å²) >= 11 is 0. The van der Waals surface area contributed by atoms with Crippen molar-refractivity contribution in [2.75, 3.05) is 26.8 Å². The first-order valence-electron chi connectivity index (χ1n) is 8.81. The Hall–Kier alpha value is -2.10. The van der Waals surface area contributed by atoms with Crippen molar-refractivity contribution in [3.8, 4) is 11.5 Å². The van der Waals surface area contributed by atoms with Gasteiger partial charge in [0.25, 0.3) is 0 Å². The fraction of sp³-hybridized carbons (Fsp3) is 0.368. The highest BCUT2D eigenvalue weighted by Crippen LogP contribution is 2.33. The average Bonchev–Trinajstić information content (AvgIpc) is 2.61. The van der Waals surface area contributed by atoms with E-state index in [1.165, 1.54) is 23.5 Å². The summed E-state index contributed by atoms with van der Waals surface area (Å²) in [5, 5.41) is -0.781. The van der Waals surface area contributed by atoms with Crippen molar-refractivity contribution in [2.24, 2.45) is 0 Å². The lowest BCUT2D eigenvalue weighted by Gasteiger charge is -2.37. The van der Waals surface area contributed by atoms with E-state index in [0.29, 0.717) is 12.4 Å². The fourth-order valence-electron chi connectivity index (χ4n) is 2.98. The largest absolute Gasteiger partial charge is 0.497 e. The molecule has 0 aliphatic carbocycles. The smallest absolute Gasteiger partial charge is 0.246 e. The zero-order valence-corrected chi connectivity index (χ0v) is 17.6. The summed E-state index contributed by atoms with van der Waals surface area (Å²) in [4.78, 5) is 0.218. The van der Waals surface area contributed by atoms with E-state index < -0.39 is 25.1 Å². The Bertz CT molecular complexity index is 1060. The molecule has 0 saturated carbocycles. The molecule has 0 bridgehead atoms. The van der Waals surface area contributed by atoms with Gasteiger partial charge in [-0.2, -0.15) is 4.31 Å². The van der Waals surface area contributed by atoms with Gasteiger partial charge in [-0.1, -0.05) is 6.07 Å². The minimum Gasteiger partial charge on any atom is -0.497 e. The third-order valence-electron chi connectivity index (χ3n) is 4.66. The lowest BCUT2D eigenvalue weighted by Crippen LogP contribution is -2.56. The summed E-state index contributed by atoms with van der Waals surface area (Å²) < 4.78 is 63.2. The fourth-order valence-corrected chi connectivity index (χ4v) is 6.57. The number of rotatable bonds is 7. The van der Waals surface area contributed by atoms with Crippen LogP contribution in [-0.2, 0) is 19.9 Å². The van der Waals surface area contributed by atoms with Gasteiger partial charge >= 0.3 is 0 Å². The van der Waals surface area contributed by atoms with Crippen LogP contribution >= 0.6 is 0 Å². The van der Waals surface area contributed by atoms with E-state index in [2.05, 4.69) is 0 Å². The molecule has 9 heteroatoms. The number of sulfone groups is 1. The molecule has 2 aromatic rings. The van der Waals surface area contributed by atoms with Crippen molar-refractivity contribution in [2.45, 2.75) is 28.9 Å². The standard InChI is InChI=1S/C19H23NO6S2/c1-4-26-18-10-5-14(2)11-19(18)28(23,24)20-12-17(13-20)27(21,22)16-8-6-15(25-3)7-9-16/h5-11,17H,4,12-13H2,1-3H3. The highest BCUT2D eigenvalue weighted by molar-refractivity contribution is 7.92. The zero-order valence-electron chi connectivity index (χ0n) is 16.0. The summed E-state index contributed by atoms with van der Waals surface area (Å²) in [5.41, 5.74) is 0.782. The predicted molar refractivity (Wildman–Crippen MR) is 105 cm³/mol. The molecule has 0 atom stereocenters. The van der Waals surface area contributed by atoms with Crippen LogP contribution < -0.4 is 9.47 Å². The van der Waals surface area contributed by atoms with E-state index >= 15 is 0 Å². The summed E-state index contributed by atoms with van der Waals surface area (Å²) in [6.45, 7) is 3.73. The van der Waals surface area contributed by atoms with Crippen molar-refractivity contribution < 1.29 is 26.3 Å². The van der Waals surface area contributed by atoms with E-state index in [1.54, 1.807) is 44.2 Å². The van der Waals surface area contributed by atoms with Crippen LogP contribution in [0.5, 0.6) is 11.5 Å². The normalized spacial score (nSPS) is 15.8. The Morgan fingerprint density at radius 2 is 1.68 bits per heavy atom. The number of hydrogen-bond donors (Lipinski definition) is 0. The molecule has 0 radical (unpaired) electrons. The summed E-state index contributed by atoms with van der Waals surface area (Å²) in [6.07, 6.45) is 0. The van der Waals surface area contributed by atoms with Gasteiger partial charge in [0.2, 0.25) is 10.0 Å². The van der Waals surface area contributed by atoms with E-state index in [4.69, 9.17) is 9.47 Å². The average molecular weight is 426 g/mol. The third-order valence-corrected chi connectivity index (χ3v) is 8.62. The first kappa shape index (κ1) is 20.6. The van der Waals surface area contributed by atoms with Crippen molar-refractivity contribution in [3.63, 3.8) is 0 Å². The first-order chi connectivity index (χ1) is 13.2. The van der Waals surface area contributed by atoms with Crippen LogP contribution in [0, 0.1) is 6.92 Å². The Kier molecular flexibility index (Phi) is 5.69. The maximum absolute atomic E-state index is 13.0. The second kappa shape index (κ2) is 7.73. The molecule has 152 valence electrons. The molecular formula is C19H23NO6S2. The van der Waals surface area contributed by atoms with Gasteiger partial charge in [0.15, 0.2) is 9.84 Å². The molecule has 0 spiro atoms. The van der Waals surface area contributed by atoms with Crippen LogP contribution in [0.15, 0.2) is 52.3 Å². The Morgan fingerprint density at radius 1 is 1.04 bits per heavy atom. The van der Waals surface area contributed by atoms with Crippen molar-refractivity contribution in [1.29, 1.82) is 0 Å². The van der Waals surface area contributed by atoms with Gasteiger partial charge in [-0.25, -0.2) is 16.8 Å². The minimum atomic E-state index is -3.84. The second-order valence-corrected chi connectivity index (χ2v) is 10.7. The van der Waals surface area contributed by atoms with Crippen LogP contribution in [0.1, 0.15) is 12.5 Å². The van der Waals surface area contributed by atoms with Crippen LogP contribution in [-0.4, -0.2) is 53.2 Å². The monoisotopic (exact) mass is 425 g/mol. The number of hydrogen-bond acceptors (Lipinski definition) is 6. The first-order valence-corrected chi connectivity index (χ1v) is 11.8. The van der Waals surface area contributed by atoms with Gasteiger partial charge in [0.1, 0.15) is 16.4 Å². The minimum absolute atomic E-state index is 0.0645. The number of nitrogens with zero attached hydrogens (tertiary/aromatic N) is 1. The van der Waals surface area contributed by atoms with Crippen LogP contribution in [0.4, 0.5) is 0 Å². The molecule has 0 unspecified atom stereocenters. The molecule has 0 N–H and O–H groups in total. The van der Waals surface area contributed by atoms with E-state index in [1.807, 2.05) is 0 Å². The van der Waals surface area contributed by atoms with E-state index in [0.717, 1.165) is 5.56 Å². The maximum Gasteiger partial charge on any atom is 0.246 e. The Labute approximate surface area is 165 Å². The quantitative estimate of drug-likeness (QED) is 0.676. The van der Waals surface area contributed by atoms with Gasteiger partial charge in [-0.05, 0) is 55.8 Å². The second-order valence-electron chi connectivity index (χ2n) is 6.55. The van der Waals surface area contributed by atoms with Crippen molar-refractivity contribution in [1.82, 2.24) is 4.31 Å². The molecule has 3 rings (SSSR count). The molecule has 1 aliphatic heterocycles. The Balaban J connectivity index is 1.81. The highest BCUT2D eigenvalue weighted by atomic mass is 32.2. The van der Waals surface area contributed by atoms with Crippen molar-refractivity contribution >= 4 is 19.9 Å². The topological polar surface area (TPSA) is 90.0 Å². The Morgan fingerprint density at radius 3 is 2.25 bits per heavy atom. The highest BCUT2D eigenvalue weighted by Gasteiger charge is 2.45.